The first-order chi connectivity index (χ1) is 9.55. The van der Waals surface area contributed by atoms with Crippen molar-refractivity contribution in [3.8, 4) is 0 Å². The Balaban J connectivity index is 2.30. The Kier molecular flexibility index (Phi) is 4.52. The van der Waals surface area contributed by atoms with Gasteiger partial charge in [-0.05, 0) is 50.1 Å². The van der Waals surface area contributed by atoms with Crippen LogP contribution in [-0.2, 0) is 13.0 Å². The first kappa shape index (κ1) is 14.7. The minimum absolute atomic E-state index is 0.132. The van der Waals surface area contributed by atoms with E-state index in [1.807, 2.05) is 31.5 Å². The van der Waals surface area contributed by atoms with Crippen LogP contribution in [0.5, 0.6) is 0 Å². The van der Waals surface area contributed by atoms with Crippen LogP contribution in [0.2, 0.25) is 0 Å². The van der Waals surface area contributed by atoms with E-state index in [4.69, 9.17) is 5.84 Å². The molecule has 2 rings (SSSR count). The van der Waals surface area contributed by atoms with Crippen molar-refractivity contribution >= 4 is 0 Å². The first-order valence-electron chi connectivity index (χ1n) is 6.80. The smallest absolute Gasteiger partial charge is 0.123 e. The van der Waals surface area contributed by atoms with E-state index in [0.29, 0.717) is 6.42 Å². The zero-order valence-corrected chi connectivity index (χ0v) is 12.2. The van der Waals surface area contributed by atoms with Gasteiger partial charge in [-0.1, -0.05) is 6.07 Å². The molecule has 0 saturated carbocycles. The number of rotatable bonds is 5. The van der Waals surface area contributed by atoms with E-state index in [1.54, 1.807) is 12.1 Å². The van der Waals surface area contributed by atoms with E-state index in [0.717, 1.165) is 29.1 Å². The fourth-order valence-electron chi connectivity index (χ4n) is 2.49. The highest BCUT2D eigenvalue weighted by atomic mass is 19.1. The molecule has 20 heavy (non-hydrogen) atoms. The van der Waals surface area contributed by atoms with E-state index in [-0.39, 0.29) is 11.9 Å². The molecule has 1 unspecified atom stereocenters. The molecule has 2 aromatic rings. The van der Waals surface area contributed by atoms with Crippen LogP contribution in [0, 0.1) is 19.7 Å². The maximum atomic E-state index is 13.4. The molecule has 1 aromatic carbocycles. The lowest BCUT2D eigenvalue weighted by Gasteiger charge is -2.19. The summed E-state index contributed by atoms with van der Waals surface area (Å²) in [6.07, 6.45) is 0.676. The van der Waals surface area contributed by atoms with E-state index < -0.39 is 0 Å². The summed E-state index contributed by atoms with van der Waals surface area (Å²) >= 11 is 0. The van der Waals surface area contributed by atoms with Gasteiger partial charge in [0.1, 0.15) is 5.82 Å². The van der Waals surface area contributed by atoms with Crippen LogP contribution < -0.4 is 11.3 Å². The largest absolute Gasteiger partial charge is 0.271 e. The van der Waals surface area contributed by atoms with Crippen molar-refractivity contribution in [3.05, 3.63) is 52.6 Å². The van der Waals surface area contributed by atoms with Gasteiger partial charge in [0.2, 0.25) is 0 Å². The molecular formula is C15H21FN4. The lowest BCUT2D eigenvalue weighted by Crippen LogP contribution is -2.30. The third-order valence-corrected chi connectivity index (χ3v) is 3.52. The molecule has 4 nitrogen and oxygen atoms in total. The summed E-state index contributed by atoms with van der Waals surface area (Å²) in [4.78, 5) is 0. The van der Waals surface area contributed by atoms with Crippen LogP contribution >= 0.6 is 0 Å². The monoisotopic (exact) mass is 276 g/mol. The van der Waals surface area contributed by atoms with Crippen molar-refractivity contribution in [2.24, 2.45) is 5.84 Å². The number of hydrogen-bond donors (Lipinski definition) is 2. The van der Waals surface area contributed by atoms with Gasteiger partial charge in [-0.2, -0.15) is 5.10 Å². The molecule has 0 aliphatic rings. The molecule has 3 N–H and O–H groups in total. The Morgan fingerprint density at radius 3 is 2.75 bits per heavy atom. The third-order valence-electron chi connectivity index (χ3n) is 3.52. The van der Waals surface area contributed by atoms with Crippen LogP contribution in [-0.4, -0.2) is 9.78 Å². The minimum Gasteiger partial charge on any atom is -0.271 e. The molecule has 0 aliphatic heterocycles. The molecule has 1 atom stereocenters. The fraction of sp³-hybridized carbons (Fsp3) is 0.400. The number of halogens is 1. The molecule has 0 saturated heterocycles. The van der Waals surface area contributed by atoms with Crippen molar-refractivity contribution in [2.75, 3.05) is 0 Å². The molecule has 0 aliphatic carbocycles. The highest BCUT2D eigenvalue weighted by molar-refractivity contribution is 5.30. The summed E-state index contributed by atoms with van der Waals surface area (Å²) in [6, 6.07) is 6.69. The molecule has 0 radical (unpaired) electrons. The van der Waals surface area contributed by atoms with Gasteiger partial charge >= 0.3 is 0 Å². The summed E-state index contributed by atoms with van der Waals surface area (Å²) < 4.78 is 15.4. The Morgan fingerprint density at radius 1 is 1.35 bits per heavy atom. The van der Waals surface area contributed by atoms with Crippen molar-refractivity contribution in [3.63, 3.8) is 0 Å². The SMILES string of the molecule is CCn1nc(C)cc1CC(NN)c1cc(F)ccc1C. The molecule has 5 heteroatoms. The molecular weight excluding hydrogens is 255 g/mol. The summed E-state index contributed by atoms with van der Waals surface area (Å²) in [6.45, 7) is 6.78. The van der Waals surface area contributed by atoms with Crippen LogP contribution in [0.4, 0.5) is 4.39 Å². The van der Waals surface area contributed by atoms with Crippen molar-refractivity contribution in [2.45, 2.75) is 39.8 Å². The average Bonchev–Trinajstić information content (AvgIpc) is 2.79. The van der Waals surface area contributed by atoms with Gasteiger partial charge in [-0.15, -0.1) is 0 Å². The minimum atomic E-state index is -0.244. The molecule has 0 fully saturated rings. The predicted octanol–water partition coefficient (Wildman–Crippen LogP) is 2.41. The molecule has 108 valence electrons. The number of nitrogens with zero attached hydrogens (tertiary/aromatic N) is 2. The maximum Gasteiger partial charge on any atom is 0.123 e. The van der Waals surface area contributed by atoms with Crippen LogP contribution in [0.25, 0.3) is 0 Å². The number of hydrogen-bond acceptors (Lipinski definition) is 3. The second kappa shape index (κ2) is 6.15. The Morgan fingerprint density at radius 2 is 2.10 bits per heavy atom. The summed E-state index contributed by atoms with van der Waals surface area (Å²) in [5.74, 6) is 5.42. The van der Waals surface area contributed by atoms with Gasteiger partial charge in [0.05, 0.1) is 11.7 Å². The van der Waals surface area contributed by atoms with E-state index in [9.17, 15) is 4.39 Å². The van der Waals surface area contributed by atoms with Crippen molar-refractivity contribution in [1.82, 2.24) is 15.2 Å². The standard InChI is InChI=1S/C15H21FN4/c1-4-20-13(7-11(3)19-20)9-15(18-17)14-8-12(16)6-5-10(14)2/h5-8,15,18H,4,9,17H2,1-3H3. The van der Waals surface area contributed by atoms with Crippen LogP contribution in [0.1, 0.15) is 35.5 Å². The van der Waals surface area contributed by atoms with Gasteiger partial charge in [0.25, 0.3) is 0 Å². The lowest BCUT2D eigenvalue weighted by atomic mass is 9.97. The molecule has 0 bridgehead atoms. The Labute approximate surface area is 118 Å². The zero-order valence-electron chi connectivity index (χ0n) is 12.2. The topological polar surface area (TPSA) is 55.9 Å². The van der Waals surface area contributed by atoms with Gasteiger partial charge in [-0.3, -0.25) is 16.0 Å². The normalized spacial score (nSPS) is 12.7. The van der Waals surface area contributed by atoms with Crippen LogP contribution in [0.3, 0.4) is 0 Å². The quantitative estimate of drug-likeness (QED) is 0.651. The van der Waals surface area contributed by atoms with Gasteiger partial charge in [-0.25, -0.2) is 4.39 Å². The van der Waals surface area contributed by atoms with E-state index >= 15 is 0 Å². The van der Waals surface area contributed by atoms with Gasteiger partial charge in [0.15, 0.2) is 0 Å². The number of hydrazine groups is 1. The van der Waals surface area contributed by atoms with Gasteiger partial charge in [0, 0.05) is 18.7 Å². The number of aromatic nitrogens is 2. The zero-order chi connectivity index (χ0) is 14.7. The summed E-state index contributed by atoms with van der Waals surface area (Å²) in [5, 5.41) is 4.42. The number of nitrogens with two attached hydrogens (primary N) is 1. The van der Waals surface area contributed by atoms with Crippen LogP contribution in [0.15, 0.2) is 24.3 Å². The highest BCUT2D eigenvalue weighted by Crippen LogP contribution is 2.22. The lowest BCUT2D eigenvalue weighted by molar-refractivity contribution is 0.511. The van der Waals surface area contributed by atoms with Crippen molar-refractivity contribution in [1.29, 1.82) is 0 Å². The maximum absolute atomic E-state index is 13.4. The Hall–Kier alpha value is -1.72. The molecule has 1 aromatic heterocycles. The predicted molar refractivity (Wildman–Crippen MR) is 77.5 cm³/mol. The molecule has 0 spiro atoms. The van der Waals surface area contributed by atoms with Crippen molar-refractivity contribution < 1.29 is 4.39 Å². The summed E-state index contributed by atoms with van der Waals surface area (Å²) in [5.41, 5.74) is 6.77. The number of benzene rings is 1. The molecule has 1 heterocycles. The number of nitrogens with one attached hydrogen (secondary N) is 1. The fourth-order valence-corrected chi connectivity index (χ4v) is 2.49. The van der Waals surface area contributed by atoms with E-state index in [2.05, 4.69) is 10.5 Å². The average molecular weight is 276 g/mol. The number of aryl methyl sites for hydroxylation is 3. The highest BCUT2D eigenvalue weighted by Gasteiger charge is 2.16. The molecule has 0 amide bonds. The first-order valence-corrected chi connectivity index (χ1v) is 6.80. The second-order valence-electron chi connectivity index (χ2n) is 5.02. The second-order valence-corrected chi connectivity index (χ2v) is 5.02. The third kappa shape index (κ3) is 3.05. The van der Waals surface area contributed by atoms with Gasteiger partial charge < -0.3 is 0 Å². The van der Waals surface area contributed by atoms with E-state index in [1.165, 1.54) is 6.07 Å². The Bertz CT molecular complexity index is 592. The summed E-state index contributed by atoms with van der Waals surface area (Å²) in [7, 11) is 0.